The molecule has 0 amide bonds. The number of ether oxygens (including phenoxy) is 1. The van der Waals surface area contributed by atoms with Gasteiger partial charge in [-0.25, -0.2) is 4.79 Å². The van der Waals surface area contributed by atoms with Crippen LogP contribution in [0.1, 0.15) is 30.5 Å². The smallest absolute Gasteiger partial charge is 0.333 e. The number of carbonyl (C=O) groups excluding carboxylic acids is 1. The Hall–Kier alpha value is -1.61. The van der Waals surface area contributed by atoms with Crippen LogP contribution in [-0.2, 0) is 16.0 Å². The van der Waals surface area contributed by atoms with Gasteiger partial charge in [0.25, 0.3) is 0 Å². The number of esters is 1. The molecule has 1 aliphatic carbocycles. The quantitative estimate of drug-likeness (QED) is 0.615. The minimum Gasteiger partial charge on any atom is -0.466 e. The molecule has 1 aromatic rings. The highest BCUT2D eigenvalue weighted by atomic mass is 16.5. The minimum absolute atomic E-state index is 0.250. The third-order valence-corrected chi connectivity index (χ3v) is 3.83. The zero-order chi connectivity index (χ0) is 13.8. The van der Waals surface area contributed by atoms with Crippen LogP contribution in [0.15, 0.2) is 35.9 Å². The number of benzene rings is 1. The summed E-state index contributed by atoms with van der Waals surface area (Å²) >= 11 is 0. The van der Waals surface area contributed by atoms with E-state index in [2.05, 4.69) is 36.2 Å². The summed E-state index contributed by atoms with van der Waals surface area (Å²) in [5, 5.41) is 0. The van der Waals surface area contributed by atoms with Crippen LogP contribution in [0.2, 0.25) is 0 Å². The molecule has 0 heterocycles. The van der Waals surface area contributed by atoms with Gasteiger partial charge in [-0.15, -0.1) is 0 Å². The Morgan fingerprint density at radius 3 is 2.95 bits per heavy atom. The molecule has 0 bridgehead atoms. The third kappa shape index (κ3) is 3.04. The van der Waals surface area contributed by atoms with Crippen LogP contribution in [0.3, 0.4) is 0 Å². The molecule has 0 aromatic heterocycles. The van der Waals surface area contributed by atoms with Crippen molar-refractivity contribution in [3.63, 3.8) is 0 Å². The van der Waals surface area contributed by atoms with Crippen LogP contribution < -0.4 is 0 Å². The van der Waals surface area contributed by atoms with Crippen molar-refractivity contribution in [1.82, 2.24) is 4.90 Å². The Balaban J connectivity index is 2.02. The fraction of sp³-hybridized carbons (Fsp3) is 0.438. The van der Waals surface area contributed by atoms with Gasteiger partial charge in [0.1, 0.15) is 0 Å². The molecule has 1 atom stereocenters. The van der Waals surface area contributed by atoms with E-state index in [1.807, 2.05) is 6.08 Å². The maximum atomic E-state index is 11.3. The molecule has 0 radical (unpaired) electrons. The monoisotopic (exact) mass is 259 g/mol. The molecule has 2 rings (SSSR count). The van der Waals surface area contributed by atoms with Crippen molar-refractivity contribution in [2.45, 2.75) is 25.8 Å². The summed E-state index contributed by atoms with van der Waals surface area (Å²) in [6.07, 6.45) is 4.23. The molecule has 0 spiro atoms. The highest BCUT2D eigenvalue weighted by molar-refractivity contribution is 5.87. The second-order valence-electron chi connectivity index (χ2n) is 5.07. The lowest BCUT2D eigenvalue weighted by atomic mass is 10.1. The molecule has 1 unspecified atom stereocenters. The number of nitrogens with zero attached hydrogens (tertiary/aromatic N) is 1. The summed E-state index contributed by atoms with van der Waals surface area (Å²) in [6, 6.07) is 9.07. The maximum absolute atomic E-state index is 11.3. The molecule has 0 saturated heterocycles. The van der Waals surface area contributed by atoms with Crippen LogP contribution in [0.5, 0.6) is 0 Å². The summed E-state index contributed by atoms with van der Waals surface area (Å²) in [6.45, 7) is 2.56. The molecule has 1 aromatic carbocycles. The molecule has 102 valence electrons. The Morgan fingerprint density at radius 2 is 2.21 bits per heavy atom. The Labute approximate surface area is 114 Å². The first-order valence-corrected chi connectivity index (χ1v) is 6.66. The van der Waals surface area contributed by atoms with Crippen LogP contribution in [0.4, 0.5) is 0 Å². The number of rotatable bonds is 4. The predicted octanol–water partition coefficient (Wildman–Crippen LogP) is 2.73. The first-order chi connectivity index (χ1) is 9.13. The molecular weight excluding hydrogens is 238 g/mol. The average Bonchev–Trinajstić information content (AvgIpc) is 2.87. The van der Waals surface area contributed by atoms with E-state index in [0.717, 1.165) is 19.4 Å². The van der Waals surface area contributed by atoms with Gasteiger partial charge in [-0.3, -0.25) is 4.90 Å². The number of hydrogen-bond donors (Lipinski definition) is 0. The molecule has 3 nitrogen and oxygen atoms in total. The van der Waals surface area contributed by atoms with Crippen molar-refractivity contribution in [3.05, 3.63) is 47.0 Å². The highest BCUT2D eigenvalue weighted by Gasteiger charge is 2.24. The Kier molecular flexibility index (Phi) is 4.38. The van der Waals surface area contributed by atoms with E-state index in [4.69, 9.17) is 4.74 Å². The average molecular weight is 259 g/mol. The van der Waals surface area contributed by atoms with E-state index >= 15 is 0 Å². The molecule has 0 saturated carbocycles. The normalized spacial score (nSPS) is 18.5. The predicted molar refractivity (Wildman–Crippen MR) is 75.9 cm³/mol. The van der Waals surface area contributed by atoms with Gasteiger partial charge in [0.2, 0.25) is 0 Å². The van der Waals surface area contributed by atoms with E-state index in [-0.39, 0.29) is 5.97 Å². The van der Waals surface area contributed by atoms with Crippen LogP contribution >= 0.6 is 0 Å². The Bertz CT molecular complexity index is 493. The van der Waals surface area contributed by atoms with Crippen LogP contribution in [-0.4, -0.2) is 31.6 Å². The van der Waals surface area contributed by atoms with Gasteiger partial charge < -0.3 is 4.74 Å². The van der Waals surface area contributed by atoms with Gasteiger partial charge in [0.15, 0.2) is 0 Å². The summed E-state index contributed by atoms with van der Waals surface area (Å²) in [5.74, 6) is -0.250. The van der Waals surface area contributed by atoms with Gasteiger partial charge in [-0.1, -0.05) is 30.3 Å². The lowest BCUT2D eigenvalue weighted by Gasteiger charge is -2.24. The number of carbonyl (C=O) groups is 1. The van der Waals surface area contributed by atoms with Crippen molar-refractivity contribution < 1.29 is 9.53 Å². The topological polar surface area (TPSA) is 29.5 Å². The standard InChI is InChI=1S/C16H21NO2/c1-12(16(18)19-3)10-11-17(2)15-9-8-13-6-4-5-7-14(13)15/h4-7,10,15H,8-9,11H2,1-3H3/b12-10+. The zero-order valence-corrected chi connectivity index (χ0v) is 11.8. The fourth-order valence-corrected chi connectivity index (χ4v) is 2.64. The second kappa shape index (κ2) is 6.02. The lowest BCUT2D eigenvalue weighted by molar-refractivity contribution is -0.136. The lowest BCUT2D eigenvalue weighted by Crippen LogP contribution is -2.23. The molecule has 3 heteroatoms. The summed E-state index contributed by atoms with van der Waals surface area (Å²) < 4.78 is 4.70. The third-order valence-electron chi connectivity index (χ3n) is 3.83. The second-order valence-corrected chi connectivity index (χ2v) is 5.07. The molecule has 0 aliphatic heterocycles. The number of hydrogen-bond acceptors (Lipinski definition) is 3. The summed E-state index contributed by atoms with van der Waals surface area (Å²) in [7, 11) is 3.52. The van der Waals surface area contributed by atoms with E-state index < -0.39 is 0 Å². The first kappa shape index (κ1) is 13.8. The summed E-state index contributed by atoms with van der Waals surface area (Å²) in [4.78, 5) is 13.6. The van der Waals surface area contributed by atoms with Crippen molar-refractivity contribution >= 4 is 5.97 Å². The van der Waals surface area contributed by atoms with Gasteiger partial charge >= 0.3 is 5.97 Å². The Morgan fingerprint density at radius 1 is 1.47 bits per heavy atom. The first-order valence-electron chi connectivity index (χ1n) is 6.66. The molecule has 1 aliphatic rings. The number of fused-ring (bicyclic) bond motifs is 1. The van der Waals surface area contributed by atoms with Gasteiger partial charge in [0.05, 0.1) is 7.11 Å². The van der Waals surface area contributed by atoms with Gasteiger partial charge in [-0.05, 0) is 37.9 Å². The summed E-state index contributed by atoms with van der Waals surface area (Å²) in [5.41, 5.74) is 3.54. The van der Waals surface area contributed by atoms with E-state index in [9.17, 15) is 4.79 Å². The number of aryl methyl sites for hydroxylation is 1. The van der Waals surface area contributed by atoms with Gasteiger partial charge in [-0.2, -0.15) is 0 Å². The molecule has 0 fully saturated rings. The van der Waals surface area contributed by atoms with E-state index in [1.54, 1.807) is 6.92 Å². The van der Waals surface area contributed by atoms with Crippen molar-refractivity contribution in [3.8, 4) is 0 Å². The SMILES string of the molecule is COC(=O)/C(C)=C/CN(C)C1CCc2ccccc21. The van der Waals surface area contributed by atoms with Crippen LogP contribution in [0.25, 0.3) is 0 Å². The molecular formula is C16H21NO2. The minimum atomic E-state index is -0.250. The van der Waals surface area contributed by atoms with E-state index in [1.165, 1.54) is 18.2 Å². The zero-order valence-electron chi connectivity index (χ0n) is 11.8. The maximum Gasteiger partial charge on any atom is 0.333 e. The van der Waals surface area contributed by atoms with Crippen molar-refractivity contribution in [2.75, 3.05) is 20.7 Å². The van der Waals surface area contributed by atoms with Crippen molar-refractivity contribution in [1.29, 1.82) is 0 Å². The van der Waals surface area contributed by atoms with Gasteiger partial charge in [0, 0.05) is 18.2 Å². The highest BCUT2D eigenvalue weighted by Crippen LogP contribution is 2.34. The molecule has 0 N–H and O–H groups in total. The van der Waals surface area contributed by atoms with Crippen molar-refractivity contribution in [2.24, 2.45) is 0 Å². The fourth-order valence-electron chi connectivity index (χ4n) is 2.64. The largest absolute Gasteiger partial charge is 0.466 e. The number of likely N-dealkylation sites (N-methyl/N-ethyl adjacent to an activating group) is 1. The van der Waals surface area contributed by atoms with E-state index in [0.29, 0.717) is 11.6 Å². The molecule has 19 heavy (non-hydrogen) atoms. The number of methoxy groups -OCH3 is 1. The van der Waals surface area contributed by atoms with Crippen LogP contribution in [0, 0.1) is 0 Å².